The Labute approximate surface area is 172 Å². The van der Waals surface area contributed by atoms with Crippen LogP contribution >= 0.6 is 0 Å². The lowest BCUT2D eigenvalue weighted by atomic mass is 10.2. The predicted octanol–water partition coefficient (Wildman–Crippen LogP) is 3.62. The van der Waals surface area contributed by atoms with Gasteiger partial charge in [-0.15, -0.1) is 0 Å². The van der Waals surface area contributed by atoms with E-state index in [0.29, 0.717) is 11.4 Å². The summed E-state index contributed by atoms with van der Waals surface area (Å²) < 4.78 is 34.9. The van der Waals surface area contributed by atoms with Gasteiger partial charge in [-0.2, -0.15) is 8.42 Å². The Morgan fingerprint density at radius 1 is 1.00 bits per heavy atom. The van der Waals surface area contributed by atoms with Crippen molar-refractivity contribution in [2.45, 2.75) is 4.90 Å². The first-order valence-corrected chi connectivity index (χ1v) is 9.94. The van der Waals surface area contributed by atoms with E-state index in [1.807, 2.05) is 0 Å². The van der Waals surface area contributed by atoms with Crippen LogP contribution in [0.25, 0.3) is 0 Å². The van der Waals surface area contributed by atoms with Gasteiger partial charge in [0.05, 0.1) is 17.7 Å². The maximum atomic E-state index is 12.4. The minimum Gasteiger partial charge on any atom is -0.495 e. The van der Waals surface area contributed by atoms with Crippen molar-refractivity contribution in [3.8, 4) is 11.5 Å². The smallest absolute Gasteiger partial charge is 0.339 e. The third-order valence-corrected chi connectivity index (χ3v) is 5.24. The molecule has 3 aromatic carbocycles. The molecule has 30 heavy (non-hydrogen) atoms. The molecule has 0 saturated carbocycles. The molecule has 0 bridgehead atoms. The van der Waals surface area contributed by atoms with Crippen LogP contribution in [-0.4, -0.2) is 26.4 Å². The summed E-state index contributed by atoms with van der Waals surface area (Å²) in [5.41, 5.74) is 0.377. The molecule has 0 aliphatic carbocycles. The molecule has 0 fully saturated rings. The minimum atomic E-state index is -4.28. The number of nitrogens with one attached hydrogen (secondary N) is 1. The summed E-state index contributed by atoms with van der Waals surface area (Å²) in [5, 5.41) is 13.5. The number of methoxy groups -OCH3 is 1. The number of amides is 1. The number of carbonyl (C=O) groups excluding carboxylic acids is 1. The van der Waals surface area contributed by atoms with E-state index in [1.54, 1.807) is 24.3 Å². The minimum absolute atomic E-state index is 0.0460. The van der Waals surface area contributed by atoms with E-state index < -0.39 is 20.9 Å². The van der Waals surface area contributed by atoms with Crippen molar-refractivity contribution >= 4 is 27.4 Å². The molecule has 0 radical (unpaired) electrons. The van der Waals surface area contributed by atoms with E-state index in [-0.39, 0.29) is 21.9 Å². The van der Waals surface area contributed by atoms with Crippen molar-refractivity contribution < 1.29 is 27.1 Å². The van der Waals surface area contributed by atoms with Crippen LogP contribution in [0.4, 0.5) is 11.4 Å². The Hall–Kier alpha value is -3.92. The molecule has 0 unspecified atom stereocenters. The van der Waals surface area contributed by atoms with E-state index in [9.17, 15) is 23.3 Å². The zero-order valence-corrected chi connectivity index (χ0v) is 16.5. The monoisotopic (exact) mass is 428 g/mol. The zero-order valence-electron chi connectivity index (χ0n) is 15.6. The van der Waals surface area contributed by atoms with Crippen LogP contribution in [0.5, 0.6) is 11.5 Å². The van der Waals surface area contributed by atoms with Gasteiger partial charge in [-0.05, 0) is 42.5 Å². The molecule has 0 aliphatic rings. The average molecular weight is 428 g/mol. The van der Waals surface area contributed by atoms with E-state index >= 15 is 0 Å². The fraction of sp³-hybridized carbons (Fsp3) is 0.0500. The Balaban J connectivity index is 1.74. The number of nitro benzene ring substituents is 1. The van der Waals surface area contributed by atoms with Crippen molar-refractivity contribution in [2.75, 3.05) is 12.4 Å². The summed E-state index contributed by atoms with van der Waals surface area (Å²) >= 11 is 0. The zero-order chi connectivity index (χ0) is 21.7. The lowest BCUT2D eigenvalue weighted by Crippen LogP contribution is -2.13. The van der Waals surface area contributed by atoms with Gasteiger partial charge in [-0.25, -0.2) is 0 Å². The molecule has 0 aromatic heterocycles. The number of nitrogens with zero attached hydrogens (tertiary/aromatic N) is 1. The standard InChI is InChI=1S/C20H16N2O7S/c1-28-19-8-3-2-7-18(19)21-20(23)14-9-11-16(12-10-14)29-30(26,27)17-6-4-5-15(13-17)22(24)25/h2-13H,1H3,(H,21,23). The molecule has 0 saturated heterocycles. The topological polar surface area (TPSA) is 125 Å². The van der Waals surface area contributed by atoms with Gasteiger partial charge in [0.2, 0.25) is 0 Å². The molecule has 1 N–H and O–H groups in total. The fourth-order valence-electron chi connectivity index (χ4n) is 2.53. The summed E-state index contributed by atoms with van der Waals surface area (Å²) in [6.07, 6.45) is 0. The number of nitro groups is 1. The highest BCUT2D eigenvalue weighted by molar-refractivity contribution is 7.87. The normalized spacial score (nSPS) is 10.8. The van der Waals surface area contributed by atoms with Gasteiger partial charge in [0.25, 0.3) is 11.6 Å². The molecule has 3 rings (SSSR count). The number of carbonyl (C=O) groups is 1. The second-order valence-corrected chi connectivity index (χ2v) is 7.52. The van der Waals surface area contributed by atoms with E-state index in [0.717, 1.165) is 6.07 Å². The number of hydrogen-bond acceptors (Lipinski definition) is 7. The molecule has 3 aromatic rings. The first kappa shape index (κ1) is 20.8. The van der Waals surface area contributed by atoms with Crippen LogP contribution in [0.3, 0.4) is 0 Å². The SMILES string of the molecule is COc1ccccc1NC(=O)c1ccc(OS(=O)(=O)c2cccc([N+](=O)[O-])c2)cc1. The summed E-state index contributed by atoms with van der Waals surface area (Å²) in [6, 6.07) is 16.8. The summed E-state index contributed by atoms with van der Waals surface area (Å²) in [4.78, 5) is 22.2. The second kappa shape index (κ2) is 8.62. The third-order valence-electron chi connectivity index (χ3n) is 3.99. The van der Waals surface area contributed by atoms with Crippen LogP contribution in [0.2, 0.25) is 0 Å². The Kier molecular flexibility index (Phi) is 5.98. The van der Waals surface area contributed by atoms with Crippen molar-refractivity contribution in [1.82, 2.24) is 0 Å². The first-order valence-electron chi connectivity index (χ1n) is 8.53. The molecule has 154 valence electrons. The van der Waals surface area contributed by atoms with Gasteiger partial charge in [0.1, 0.15) is 16.4 Å². The molecule has 0 aliphatic heterocycles. The average Bonchev–Trinajstić information content (AvgIpc) is 2.74. The van der Waals surface area contributed by atoms with Crippen LogP contribution in [0, 0.1) is 10.1 Å². The predicted molar refractivity (Wildman–Crippen MR) is 108 cm³/mol. The van der Waals surface area contributed by atoms with Gasteiger partial charge in [0.15, 0.2) is 0 Å². The highest BCUT2D eigenvalue weighted by Gasteiger charge is 2.20. The number of rotatable bonds is 7. The summed E-state index contributed by atoms with van der Waals surface area (Å²) in [5.74, 6) is 0.0248. The van der Waals surface area contributed by atoms with Crippen LogP contribution < -0.4 is 14.2 Å². The summed E-state index contributed by atoms with van der Waals surface area (Å²) in [6.45, 7) is 0. The number of hydrogen-bond donors (Lipinski definition) is 1. The summed E-state index contributed by atoms with van der Waals surface area (Å²) in [7, 11) is -2.80. The van der Waals surface area contributed by atoms with Gasteiger partial charge >= 0.3 is 10.1 Å². The van der Waals surface area contributed by atoms with Crippen molar-refractivity contribution in [3.63, 3.8) is 0 Å². The third kappa shape index (κ3) is 4.73. The van der Waals surface area contributed by atoms with E-state index in [4.69, 9.17) is 8.92 Å². The molecule has 9 nitrogen and oxygen atoms in total. The highest BCUT2D eigenvalue weighted by Crippen LogP contribution is 2.25. The van der Waals surface area contributed by atoms with Gasteiger partial charge < -0.3 is 14.2 Å². The molecule has 0 heterocycles. The number of non-ortho nitro benzene ring substituents is 1. The van der Waals surface area contributed by atoms with Gasteiger partial charge in [-0.3, -0.25) is 14.9 Å². The van der Waals surface area contributed by atoms with E-state index in [2.05, 4.69) is 5.32 Å². The number of anilines is 1. The van der Waals surface area contributed by atoms with Gasteiger partial charge in [-0.1, -0.05) is 18.2 Å². The molecular weight excluding hydrogens is 412 g/mol. The number of benzene rings is 3. The van der Waals surface area contributed by atoms with E-state index in [1.165, 1.54) is 49.6 Å². The van der Waals surface area contributed by atoms with Crippen molar-refractivity contribution in [2.24, 2.45) is 0 Å². The molecular formula is C20H16N2O7S. The van der Waals surface area contributed by atoms with Crippen molar-refractivity contribution in [1.29, 1.82) is 0 Å². The maximum absolute atomic E-state index is 12.4. The molecule has 0 spiro atoms. The quantitative estimate of drug-likeness (QED) is 0.346. The Morgan fingerprint density at radius 3 is 2.37 bits per heavy atom. The first-order chi connectivity index (χ1) is 14.3. The van der Waals surface area contributed by atoms with Crippen LogP contribution in [0.15, 0.2) is 77.7 Å². The van der Waals surface area contributed by atoms with Gasteiger partial charge in [0, 0.05) is 17.7 Å². The van der Waals surface area contributed by atoms with Crippen LogP contribution in [0.1, 0.15) is 10.4 Å². The number of ether oxygens (including phenoxy) is 1. The highest BCUT2D eigenvalue weighted by atomic mass is 32.2. The molecule has 0 atom stereocenters. The largest absolute Gasteiger partial charge is 0.495 e. The lowest BCUT2D eigenvalue weighted by Gasteiger charge is -2.10. The Morgan fingerprint density at radius 2 is 1.70 bits per heavy atom. The molecule has 1 amide bonds. The van der Waals surface area contributed by atoms with Crippen LogP contribution in [-0.2, 0) is 10.1 Å². The Bertz CT molecular complexity index is 1190. The maximum Gasteiger partial charge on any atom is 0.339 e. The number of para-hydroxylation sites is 2. The molecule has 10 heteroatoms. The lowest BCUT2D eigenvalue weighted by molar-refractivity contribution is -0.385. The van der Waals surface area contributed by atoms with Crippen molar-refractivity contribution in [3.05, 3.63) is 88.5 Å². The second-order valence-electron chi connectivity index (χ2n) is 5.97. The fourth-order valence-corrected chi connectivity index (χ4v) is 3.50.